The summed E-state index contributed by atoms with van der Waals surface area (Å²) in [5.74, 6) is 0.239. The Bertz CT molecular complexity index is 587. The van der Waals surface area contributed by atoms with E-state index in [1.165, 1.54) is 0 Å². The van der Waals surface area contributed by atoms with E-state index >= 15 is 0 Å². The van der Waals surface area contributed by atoms with E-state index in [4.69, 9.17) is 5.73 Å². The molecule has 1 saturated heterocycles. The minimum Gasteiger partial charge on any atom is -0.353 e. The van der Waals surface area contributed by atoms with E-state index in [1.807, 2.05) is 0 Å². The maximum atomic E-state index is 13.0. The van der Waals surface area contributed by atoms with Crippen LogP contribution in [0.4, 0.5) is 4.79 Å². The Morgan fingerprint density at radius 2 is 2.04 bits per heavy atom. The maximum Gasteiger partial charge on any atom is 0.325 e. The number of imide groups is 1. The molecule has 1 aliphatic heterocycles. The molecular weight excluding hydrogens is 320 g/mol. The summed E-state index contributed by atoms with van der Waals surface area (Å²) in [7, 11) is 0. The van der Waals surface area contributed by atoms with Crippen molar-refractivity contribution in [3.8, 4) is 0 Å². The quantitative estimate of drug-likeness (QED) is 0.643. The van der Waals surface area contributed by atoms with Crippen LogP contribution in [0.15, 0.2) is 0 Å². The molecule has 4 amide bonds. The molecule has 3 rings (SSSR count). The van der Waals surface area contributed by atoms with Gasteiger partial charge in [0.15, 0.2) is 0 Å². The number of hydrogen-bond donors (Lipinski definition) is 3. The third-order valence-electron chi connectivity index (χ3n) is 5.69. The largest absolute Gasteiger partial charge is 0.353 e. The van der Waals surface area contributed by atoms with Crippen LogP contribution in [0, 0.1) is 17.3 Å². The molecule has 3 fully saturated rings. The van der Waals surface area contributed by atoms with Crippen molar-refractivity contribution in [3.05, 3.63) is 0 Å². The van der Waals surface area contributed by atoms with Crippen molar-refractivity contribution >= 4 is 17.8 Å². The lowest BCUT2D eigenvalue weighted by Crippen LogP contribution is -2.54. The van der Waals surface area contributed by atoms with Gasteiger partial charge in [0.25, 0.3) is 5.91 Å². The molecule has 3 aliphatic rings. The summed E-state index contributed by atoms with van der Waals surface area (Å²) in [6.45, 7) is 6.51. The number of rotatable bonds is 5. The summed E-state index contributed by atoms with van der Waals surface area (Å²) in [6, 6.07) is -0.505. The number of nitrogens with one attached hydrogen (secondary N) is 2. The van der Waals surface area contributed by atoms with Crippen molar-refractivity contribution in [1.29, 1.82) is 0 Å². The zero-order valence-electron chi connectivity index (χ0n) is 15.4. The van der Waals surface area contributed by atoms with E-state index in [2.05, 4.69) is 31.4 Å². The van der Waals surface area contributed by atoms with Gasteiger partial charge in [0.1, 0.15) is 12.1 Å². The van der Waals surface area contributed by atoms with Gasteiger partial charge >= 0.3 is 6.03 Å². The fraction of sp³-hybridized carbons (Fsp3) is 0.833. The third kappa shape index (κ3) is 3.81. The van der Waals surface area contributed by atoms with Gasteiger partial charge in [0.2, 0.25) is 5.91 Å². The van der Waals surface area contributed by atoms with Crippen LogP contribution in [0.2, 0.25) is 0 Å². The van der Waals surface area contributed by atoms with Gasteiger partial charge in [-0.2, -0.15) is 0 Å². The Hall–Kier alpha value is -1.63. The molecule has 3 unspecified atom stereocenters. The van der Waals surface area contributed by atoms with Crippen LogP contribution in [-0.4, -0.2) is 47.4 Å². The molecular formula is C18H30N4O3. The summed E-state index contributed by atoms with van der Waals surface area (Å²) in [6.07, 6.45) is 4.49. The second kappa shape index (κ2) is 6.27. The van der Waals surface area contributed by atoms with Crippen molar-refractivity contribution < 1.29 is 14.4 Å². The predicted octanol–water partition coefficient (Wildman–Crippen LogP) is 0.977. The zero-order chi connectivity index (χ0) is 18.4. The molecule has 4 N–H and O–H groups in total. The Balaban J connectivity index is 1.62. The predicted molar refractivity (Wildman–Crippen MR) is 93.5 cm³/mol. The first-order valence-corrected chi connectivity index (χ1v) is 9.28. The molecule has 7 nitrogen and oxygen atoms in total. The SMILES string of the molecule is CC1CC(C)(C)CC2(C1)NC(=O)N(CC(=O)NCC(N)C1CC1)C2=O. The molecule has 0 aromatic carbocycles. The van der Waals surface area contributed by atoms with Crippen LogP contribution in [0.1, 0.15) is 52.9 Å². The number of nitrogens with zero attached hydrogens (tertiary/aromatic N) is 1. The second-order valence-electron chi connectivity index (χ2n) is 9.06. The monoisotopic (exact) mass is 350 g/mol. The highest BCUT2D eigenvalue weighted by atomic mass is 16.2. The highest BCUT2D eigenvalue weighted by molar-refractivity contribution is 6.09. The number of nitrogens with two attached hydrogens (primary N) is 1. The van der Waals surface area contributed by atoms with Crippen molar-refractivity contribution in [2.24, 2.45) is 23.0 Å². The molecule has 2 saturated carbocycles. The molecule has 0 aromatic heterocycles. The summed E-state index contributed by atoms with van der Waals surface area (Å²) in [5, 5.41) is 5.64. The smallest absolute Gasteiger partial charge is 0.325 e. The summed E-state index contributed by atoms with van der Waals surface area (Å²) < 4.78 is 0. The highest BCUT2D eigenvalue weighted by Gasteiger charge is 2.56. The van der Waals surface area contributed by atoms with Gasteiger partial charge in [-0.3, -0.25) is 14.5 Å². The number of carbonyl (C=O) groups excluding carboxylic acids is 3. The van der Waals surface area contributed by atoms with Gasteiger partial charge in [-0.25, -0.2) is 4.79 Å². The van der Waals surface area contributed by atoms with Gasteiger partial charge in [-0.05, 0) is 49.4 Å². The lowest BCUT2D eigenvalue weighted by Gasteiger charge is -2.43. The first-order valence-electron chi connectivity index (χ1n) is 9.28. The fourth-order valence-corrected chi connectivity index (χ4v) is 4.77. The summed E-state index contributed by atoms with van der Waals surface area (Å²) >= 11 is 0. The molecule has 0 aromatic rings. The molecule has 7 heteroatoms. The normalized spacial score (nSPS) is 32.6. The summed E-state index contributed by atoms with van der Waals surface area (Å²) in [5.41, 5.74) is 5.10. The molecule has 1 spiro atoms. The first-order chi connectivity index (χ1) is 11.6. The second-order valence-corrected chi connectivity index (χ2v) is 9.06. The molecule has 0 bridgehead atoms. The Kier molecular flexibility index (Phi) is 4.56. The van der Waals surface area contributed by atoms with Crippen LogP contribution in [0.3, 0.4) is 0 Å². The van der Waals surface area contributed by atoms with Crippen molar-refractivity contribution in [2.75, 3.05) is 13.1 Å². The van der Waals surface area contributed by atoms with Crippen molar-refractivity contribution in [2.45, 2.75) is 64.5 Å². The number of amides is 4. The van der Waals surface area contributed by atoms with E-state index in [0.29, 0.717) is 31.2 Å². The highest BCUT2D eigenvalue weighted by Crippen LogP contribution is 2.46. The van der Waals surface area contributed by atoms with Crippen LogP contribution in [-0.2, 0) is 9.59 Å². The Morgan fingerprint density at radius 1 is 1.36 bits per heavy atom. The van der Waals surface area contributed by atoms with Gasteiger partial charge < -0.3 is 16.4 Å². The first kappa shape index (κ1) is 18.2. The average molecular weight is 350 g/mol. The Morgan fingerprint density at radius 3 is 2.64 bits per heavy atom. The van der Waals surface area contributed by atoms with E-state index in [1.54, 1.807) is 0 Å². The van der Waals surface area contributed by atoms with Gasteiger partial charge in [-0.15, -0.1) is 0 Å². The molecule has 1 heterocycles. The van der Waals surface area contributed by atoms with E-state index in [-0.39, 0.29) is 29.8 Å². The molecule has 2 aliphatic carbocycles. The minimum absolute atomic E-state index is 0.0179. The summed E-state index contributed by atoms with van der Waals surface area (Å²) in [4.78, 5) is 38.5. The maximum absolute atomic E-state index is 13.0. The van der Waals surface area contributed by atoms with Crippen molar-refractivity contribution in [1.82, 2.24) is 15.5 Å². The minimum atomic E-state index is -0.858. The lowest BCUT2D eigenvalue weighted by molar-refractivity contribution is -0.137. The topological polar surface area (TPSA) is 105 Å². The van der Waals surface area contributed by atoms with Crippen molar-refractivity contribution in [3.63, 3.8) is 0 Å². The van der Waals surface area contributed by atoms with E-state index in [9.17, 15) is 14.4 Å². The fourth-order valence-electron chi connectivity index (χ4n) is 4.77. The van der Waals surface area contributed by atoms with Gasteiger partial charge in [-0.1, -0.05) is 20.8 Å². The molecule has 0 radical (unpaired) electrons. The zero-order valence-corrected chi connectivity index (χ0v) is 15.4. The molecule has 3 atom stereocenters. The Labute approximate surface area is 149 Å². The van der Waals surface area contributed by atoms with Gasteiger partial charge in [0, 0.05) is 12.6 Å². The van der Waals surface area contributed by atoms with Crippen LogP contribution in [0.5, 0.6) is 0 Å². The average Bonchev–Trinajstić information content (AvgIpc) is 3.28. The lowest BCUT2D eigenvalue weighted by atomic mass is 9.64. The van der Waals surface area contributed by atoms with Gasteiger partial charge in [0.05, 0.1) is 0 Å². The number of hydrogen-bond acceptors (Lipinski definition) is 4. The van der Waals surface area contributed by atoms with Crippen LogP contribution in [0.25, 0.3) is 0 Å². The van der Waals surface area contributed by atoms with Crippen LogP contribution < -0.4 is 16.4 Å². The third-order valence-corrected chi connectivity index (χ3v) is 5.69. The number of carbonyl (C=O) groups is 3. The standard InChI is InChI=1S/C18H30N4O3/c1-11-6-17(2,3)10-18(7-11)15(24)22(16(25)21-18)9-14(23)20-8-13(19)12-4-5-12/h11-13H,4-10,19H2,1-3H3,(H,20,23)(H,21,25). The number of urea groups is 1. The van der Waals surface area contributed by atoms with E-state index in [0.717, 1.165) is 24.2 Å². The van der Waals surface area contributed by atoms with E-state index < -0.39 is 11.6 Å². The molecule has 140 valence electrons. The van der Waals surface area contributed by atoms with Crippen LogP contribution >= 0.6 is 0 Å². The molecule has 25 heavy (non-hydrogen) atoms.